The van der Waals surface area contributed by atoms with Gasteiger partial charge in [-0.25, -0.2) is 4.57 Å². The molecule has 0 atom stereocenters. The van der Waals surface area contributed by atoms with Crippen LogP contribution in [0.25, 0.3) is 49.5 Å². The molecule has 0 saturated carbocycles. The number of para-hydroxylation sites is 2. The lowest BCUT2D eigenvalue weighted by Gasteiger charge is -2.13. The summed E-state index contributed by atoms with van der Waals surface area (Å²) in [6.45, 7) is 2.19. The van der Waals surface area contributed by atoms with Crippen molar-refractivity contribution < 1.29 is 8.98 Å². The Bertz CT molecular complexity index is 1520. The van der Waals surface area contributed by atoms with E-state index in [1.54, 1.807) is 0 Å². The van der Waals surface area contributed by atoms with E-state index < -0.39 is 0 Å². The molecular formula is C27H21N2O+. The van der Waals surface area contributed by atoms with Crippen LogP contribution in [0, 0.1) is 6.92 Å². The van der Waals surface area contributed by atoms with Crippen LogP contribution >= 0.6 is 0 Å². The lowest BCUT2D eigenvalue weighted by atomic mass is 9.98. The smallest absolute Gasteiger partial charge is 0.213 e. The third kappa shape index (κ3) is 2.29. The number of furan rings is 1. The molecule has 0 unspecified atom stereocenters. The maximum Gasteiger partial charge on any atom is 0.213 e. The van der Waals surface area contributed by atoms with E-state index in [1.807, 2.05) is 12.5 Å². The van der Waals surface area contributed by atoms with Crippen molar-refractivity contribution in [1.82, 2.24) is 4.57 Å². The number of hydrogen-bond donors (Lipinski definition) is 0. The second kappa shape index (κ2) is 6.33. The van der Waals surface area contributed by atoms with E-state index in [1.165, 1.54) is 38.6 Å². The molecule has 0 aliphatic carbocycles. The molecule has 0 amide bonds. The summed E-state index contributed by atoms with van der Waals surface area (Å²) in [5.41, 5.74) is 7.18. The Labute approximate surface area is 174 Å². The average molecular weight is 389 g/mol. The second-order valence-electron chi connectivity index (χ2n) is 7.85. The van der Waals surface area contributed by atoms with Gasteiger partial charge < -0.3 is 8.98 Å². The fraction of sp³-hybridized carbons (Fsp3) is 0.0741. The number of hydrogen-bond acceptors (Lipinski definition) is 1. The Morgan fingerprint density at radius 2 is 1.37 bits per heavy atom. The number of aryl methyl sites for hydroxylation is 2. The van der Waals surface area contributed by atoms with Crippen LogP contribution in [0.1, 0.15) is 5.56 Å². The van der Waals surface area contributed by atoms with Crippen LogP contribution in [-0.2, 0) is 7.05 Å². The van der Waals surface area contributed by atoms with Gasteiger partial charge in [0.15, 0.2) is 6.20 Å². The van der Waals surface area contributed by atoms with Gasteiger partial charge in [0.05, 0.1) is 28.5 Å². The SMILES string of the molecule is Cc1cc(-n2c3ccccc3c3ccccc32)c2cocc2c1-c1cccc[n+]1C. The van der Waals surface area contributed by atoms with Crippen LogP contribution in [0.15, 0.2) is 95.9 Å². The first kappa shape index (κ1) is 17.0. The first-order chi connectivity index (χ1) is 14.7. The first-order valence-corrected chi connectivity index (χ1v) is 10.2. The number of aromatic nitrogens is 2. The van der Waals surface area contributed by atoms with Crippen molar-refractivity contribution in [2.24, 2.45) is 7.05 Å². The summed E-state index contributed by atoms with van der Waals surface area (Å²) in [5.74, 6) is 0. The Balaban J connectivity index is 1.75. The van der Waals surface area contributed by atoms with Gasteiger partial charge >= 0.3 is 0 Å². The largest absolute Gasteiger partial charge is 0.471 e. The number of pyridine rings is 1. The maximum absolute atomic E-state index is 5.76. The molecule has 0 saturated heterocycles. The molecule has 3 heteroatoms. The standard InChI is InChI=1S/C27H21N2O/c1-18-15-26(21-16-30-17-22(21)27(18)25-13-7-8-14-28(25)2)29-23-11-5-3-9-19(23)20-10-4-6-12-24(20)29/h3-17H,1-2H3/q+1. The zero-order valence-electron chi connectivity index (χ0n) is 17.0. The fourth-order valence-electron chi connectivity index (χ4n) is 4.75. The van der Waals surface area contributed by atoms with Gasteiger partial charge in [-0.2, -0.15) is 0 Å². The zero-order chi connectivity index (χ0) is 20.2. The number of rotatable bonds is 2. The molecule has 0 aliphatic rings. The zero-order valence-corrected chi connectivity index (χ0v) is 17.0. The lowest BCUT2D eigenvalue weighted by Crippen LogP contribution is -2.30. The number of benzene rings is 3. The predicted octanol–water partition coefficient (Wildman–Crippen LogP) is 6.33. The summed E-state index contributed by atoms with van der Waals surface area (Å²) < 4.78 is 10.3. The molecule has 0 spiro atoms. The highest BCUT2D eigenvalue weighted by atomic mass is 16.3. The summed E-state index contributed by atoms with van der Waals surface area (Å²) in [4.78, 5) is 0. The topological polar surface area (TPSA) is 21.9 Å². The maximum atomic E-state index is 5.76. The lowest BCUT2D eigenvalue weighted by molar-refractivity contribution is -0.660. The molecule has 3 aromatic carbocycles. The molecule has 0 fully saturated rings. The van der Waals surface area contributed by atoms with Crippen molar-refractivity contribution in [3.63, 3.8) is 0 Å². The predicted molar refractivity (Wildman–Crippen MR) is 122 cm³/mol. The number of nitrogens with zero attached hydrogens (tertiary/aromatic N) is 2. The van der Waals surface area contributed by atoms with E-state index in [-0.39, 0.29) is 0 Å². The quantitative estimate of drug-likeness (QED) is 0.317. The van der Waals surface area contributed by atoms with Crippen molar-refractivity contribution in [1.29, 1.82) is 0 Å². The van der Waals surface area contributed by atoms with Gasteiger partial charge in [0, 0.05) is 33.7 Å². The second-order valence-corrected chi connectivity index (χ2v) is 7.85. The molecule has 0 bridgehead atoms. The van der Waals surface area contributed by atoms with Crippen LogP contribution < -0.4 is 4.57 Å². The minimum atomic E-state index is 1.12. The van der Waals surface area contributed by atoms with Crippen LogP contribution in [0.3, 0.4) is 0 Å². The third-order valence-corrected chi connectivity index (χ3v) is 6.09. The van der Waals surface area contributed by atoms with E-state index in [2.05, 4.69) is 102 Å². The molecule has 3 aromatic heterocycles. The monoisotopic (exact) mass is 389 g/mol. The van der Waals surface area contributed by atoms with E-state index >= 15 is 0 Å². The molecule has 6 rings (SSSR count). The molecule has 3 heterocycles. The van der Waals surface area contributed by atoms with Crippen molar-refractivity contribution >= 4 is 32.6 Å². The van der Waals surface area contributed by atoms with Crippen molar-refractivity contribution in [2.45, 2.75) is 6.92 Å². The van der Waals surface area contributed by atoms with E-state index in [0.717, 1.165) is 16.5 Å². The Morgan fingerprint density at radius 3 is 2.07 bits per heavy atom. The average Bonchev–Trinajstić information content (AvgIpc) is 3.37. The molecule has 0 aliphatic heterocycles. The van der Waals surface area contributed by atoms with Crippen LogP contribution in [-0.4, -0.2) is 4.57 Å². The normalized spacial score (nSPS) is 11.7. The van der Waals surface area contributed by atoms with Crippen LogP contribution in [0.4, 0.5) is 0 Å². The minimum Gasteiger partial charge on any atom is -0.471 e. The Hall–Kier alpha value is -3.85. The summed E-state index contributed by atoms with van der Waals surface area (Å²) in [5, 5.41) is 4.78. The van der Waals surface area contributed by atoms with Crippen molar-refractivity contribution in [3.8, 4) is 16.9 Å². The van der Waals surface area contributed by atoms with Gasteiger partial charge in [-0.3, -0.25) is 0 Å². The first-order valence-electron chi connectivity index (χ1n) is 10.2. The molecule has 3 nitrogen and oxygen atoms in total. The molecule has 0 radical (unpaired) electrons. The van der Waals surface area contributed by atoms with Gasteiger partial charge in [0.2, 0.25) is 5.69 Å². The van der Waals surface area contributed by atoms with E-state index in [4.69, 9.17) is 4.42 Å². The van der Waals surface area contributed by atoms with Gasteiger partial charge in [-0.05, 0) is 36.8 Å². The van der Waals surface area contributed by atoms with Crippen molar-refractivity contribution in [2.75, 3.05) is 0 Å². The molecule has 0 N–H and O–H groups in total. The molecule has 144 valence electrons. The van der Waals surface area contributed by atoms with E-state index in [9.17, 15) is 0 Å². The van der Waals surface area contributed by atoms with Gasteiger partial charge in [-0.1, -0.05) is 36.4 Å². The van der Waals surface area contributed by atoms with Gasteiger partial charge in [0.1, 0.15) is 13.3 Å². The van der Waals surface area contributed by atoms with Gasteiger partial charge in [0.25, 0.3) is 0 Å². The minimum absolute atomic E-state index is 1.12. The highest BCUT2D eigenvalue weighted by Crippen LogP contribution is 2.39. The summed E-state index contributed by atoms with van der Waals surface area (Å²) in [6, 6.07) is 25.8. The highest BCUT2D eigenvalue weighted by molar-refractivity contribution is 6.11. The third-order valence-electron chi connectivity index (χ3n) is 6.09. The van der Waals surface area contributed by atoms with Crippen LogP contribution in [0.2, 0.25) is 0 Å². The molecule has 30 heavy (non-hydrogen) atoms. The molecular weight excluding hydrogens is 368 g/mol. The summed E-state index contributed by atoms with van der Waals surface area (Å²) in [7, 11) is 2.08. The Morgan fingerprint density at radius 1 is 0.733 bits per heavy atom. The number of fused-ring (bicyclic) bond motifs is 4. The highest BCUT2D eigenvalue weighted by Gasteiger charge is 2.21. The summed E-state index contributed by atoms with van der Waals surface area (Å²) in [6.07, 6.45) is 5.84. The molecule has 6 aromatic rings. The van der Waals surface area contributed by atoms with E-state index in [0.29, 0.717) is 0 Å². The Kier molecular flexibility index (Phi) is 3.59. The van der Waals surface area contributed by atoms with Gasteiger partial charge in [-0.15, -0.1) is 0 Å². The fourth-order valence-corrected chi connectivity index (χ4v) is 4.75. The van der Waals surface area contributed by atoms with Crippen molar-refractivity contribution in [3.05, 3.63) is 97.1 Å². The summed E-state index contributed by atoms with van der Waals surface area (Å²) >= 11 is 0. The van der Waals surface area contributed by atoms with Crippen LogP contribution in [0.5, 0.6) is 0 Å².